The third-order valence-corrected chi connectivity index (χ3v) is 4.49. The number of halogens is 1. The van der Waals surface area contributed by atoms with Crippen LogP contribution in [0.15, 0.2) is 52.4 Å². The minimum atomic E-state index is -3.22. The maximum atomic E-state index is 11.4. The largest absolute Gasteiger partial charge is 0.387 e. The van der Waals surface area contributed by atoms with Crippen molar-refractivity contribution in [2.45, 2.75) is 4.90 Å². The van der Waals surface area contributed by atoms with Crippen molar-refractivity contribution < 1.29 is 8.42 Å². The summed E-state index contributed by atoms with van der Waals surface area (Å²) >= 11 is 6.11. The molecule has 0 amide bonds. The van der Waals surface area contributed by atoms with E-state index in [0.717, 1.165) is 11.9 Å². The predicted molar refractivity (Wildman–Crippen MR) is 90.9 cm³/mol. The van der Waals surface area contributed by atoms with Gasteiger partial charge in [0.1, 0.15) is 5.84 Å². The van der Waals surface area contributed by atoms with Gasteiger partial charge < -0.3 is 11.1 Å². The molecule has 0 heterocycles. The maximum absolute atomic E-state index is 11.4. The van der Waals surface area contributed by atoms with Crippen LogP contribution in [0.25, 0.3) is 0 Å². The summed E-state index contributed by atoms with van der Waals surface area (Å²) in [6.45, 7) is 0. The monoisotopic (exact) mass is 337 g/mol. The molecule has 0 aromatic heterocycles. The molecule has 0 radical (unpaired) electrons. The molecule has 2 aromatic rings. The molecule has 5 nitrogen and oxygen atoms in total. The maximum Gasteiger partial charge on any atom is 0.175 e. The number of hydrogen-bond donors (Lipinski definition) is 2. The van der Waals surface area contributed by atoms with E-state index in [1.165, 1.54) is 12.1 Å². The Morgan fingerprint density at radius 1 is 1.18 bits per heavy atom. The second-order valence-electron chi connectivity index (χ2n) is 4.71. The molecule has 0 bridgehead atoms. The number of nitrogens with two attached hydrogens (primary N) is 1. The summed E-state index contributed by atoms with van der Waals surface area (Å²) in [5.74, 6) is 0.302. The average molecular weight is 338 g/mol. The second-order valence-corrected chi connectivity index (χ2v) is 7.13. The molecule has 0 saturated carbocycles. The highest BCUT2D eigenvalue weighted by Crippen LogP contribution is 2.23. The zero-order valence-electron chi connectivity index (χ0n) is 12.2. The number of nitrogens with zero attached hydrogens (tertiary/aromatic N) is 1. The van der Waals surface area contributed by atoms with Gasteiger partial charge in [-0.3, -0.25) is 0 Å². The van der Waals surface area contributed by atoms with Gasteiger partial charge in [-0.2, -0.15) is 0 Å². The van der Waals surface area contributed by atoms with Crippen molar-refractivity contribution in [2.24, 2.45) is 10.7 Å². The summed E-state index contributed by atoms with van der Waals surface area (Å²) in [4.78, 5) is 4.51. The van der Waals surface area contributed by atoms with Crippen molar-refractivity contribution in [3.63, 3.8) is 0 Å². The summed E-state index contributed by atoms with van der Waals surface area (Å²) in [7, 11) is -1.44. The summed E-state index contributed by atoms with van der Waals surface area (Å²) in [5.41, 5.74) is 8.02. The van der Waals surface area contributed by atoms with E-state index in [1.807, 2.05) is 6.07 Å². The van der Waals surface area contributed by atoms with Crippen LogP contribution in [0, 0.1) is 0 Å². The molecule has 3 N–H and O–H groups in total. The van der Waals surface area contributed by atoms with Crippen molar-refractivity contribution in [3.8, 4) is 0 Å². The Bertz CT molecular complexity index is 815. The zero-order chi connectivity index (χ0) is 16.3. The SMILES string of the molecule is CNc1ccc(C(N)=Nc2ccc(S(C)(=O)=O)cc2)cc1Cl. The number of hydrogen-bond acceptors (Lipinski definition) is 4. The second kappa shape index (κ2) is 6.37. The Labute approximate surface area is 134 Å². The molecule has 0 saturated heterocycles. The van der Waals surface area contributed by atoms with E-state index < -0.39 is 9.84 Å². The number of benzene rings is 2. The first kappa shape index (κ1) is 16.3. The molecule has 0 fully saturated rings. The molecule has 7 heteroatoms. The number of nitrogens with one attached hydrogen (secondary N) is 1. The number of rotatable bonds is 4. The first-order valence-electron chi connectivity index (χ1n) is 6.43. The van der Waals surface area contributed by atoms with Gasteiger partial charge in [-0.15, -0.1) is 0 Å². The molecule has 0 spiro atoms. The first-order chi connectivity index (χ1) is 10.3. The highest BCUT2D eigenvalue weighted by molar-refractivity contribution is 7.90. The quantitative estimate of drug-likeness (QED) is 0.663. The van der Waals surface area contributed by atoms with Crippen LogP contribution in [0.2, 0.25) is 5.02 Å². The molecule has 0 aliphatic rings. The minimum absolute atomic E-state index is 0.242. The number of sulfone groups is 1. The van der Waals surface area contributed by atoms with Crippen molar-refractivity contribution in [1.29, 1.82) is 0 Å². The van der Waals surface area contributed by atoms with Gasteiger partial charge in [0.15, 0.2) is 9.84 Å². The molecule has 2 rings (SSSR count). The average Bonchev–Trinajstić information content (AvgIpc) is 2.46. The van der Waals surface area contributed by atoms with Crippen LogP contribution < -0.4 is 11.1 Å². The van der Waals surface area contributed by atoms with Crippen molar-refractivity contribution >= 4 is 38.6 Å². The van der Waals surface area contributed by atoms with E-state index >= 15 is 0 Å². The lowest BCUT2D eigenvalue weighted by Gasteiger charge is -2.06. The van der Waals surface area contributed by atoms with Gasteiger partial charge >= 0.3 is 0 Å². The Hall–Kier alpha value is -2.05. The van der Waals surface area contributed by atoms with Crippen LogP contribution in [-0.4, -0.2) is 27.6 Å². The normalized spacial score (nSPS) is 12.2. The van der Waals surface area contributed by atoms with Crippen LogP contribution in [0.1, 0.15) is 5.56 Å². The third kappa shape index (κ3) is 3.78. The Morgan fingerprint density at radius 3 is 2.32 bits per heavy atom. The fraction of sp³-hybridized carbons (Fsp3) is 0.133. The molecular formula is C15H16ClN3O2S. The van der Waals surface area contributed by atoms with E-state index in [1.54, 1.807) is 31.3 Å². The fourth-order valence-electron chi connectivity index (χ4n) is 1.85. The molecule has 0 unspecified atom stereocenters. The van der Waals surface area contributed by atoms with E-state index in [9.17, 15) is 8.42 Å². The van der Waals surface area contributed by atoms with Crippen LogP contribution in [0.4, 0.5) is 11.4 Å². The molecule has 2 aromatic carbocycles. The van der Waals surface area contributed by atoms with E-state index in [0.29, 0.717) is 22.1 Å². The molecular weight excluding hydrogens is 322 g/mol. The van der Waals surface area contributed by atoms with Gasteiger partial charge in [-0.1, -0.05) is 11.6 Å². The van der Waals surface area contributed by atoms with Crippen LogP contribution in [0.5, 0.6) is 0 Å². The van der Waals surface area contributed by atoms with E-state index in [-0.39, 0.29) is 4.90 Å². The number of anilines is 1. The topological polar surface area (TPSA) is 84.5 Å². The Morgan fingerprint density at radius 2 is 1.82 bits per heavy atom. The fourth-order valence-corrected chi connectivity index (χ4v) is 2.75. The Balaban J connectivity index is 2.30. The van der Waals surface area contributed by atoms with Gasteiger partial charge in [0.2, 0.25) is 0 Å². The van der Waals surface area contributed by atoms with Gasteiger partial charge in [0.05, 0.1) is 21.3 Å². The van der Waals surface area contributed by atoms with Gasteiger partial charge in [-0.25, -0.2) is 13.4 Å². The van der Waals surface area contributed by atoms with Gasteiger partial charge in [0, 0.05) is 18.9 Å². The molecule has 22 heavy (non-hydrogen) atoms. The summed E-state index contributed by atoms with van der Waals surface area (Å²) < 4.78 is 22.8. The van der Waals surface area contributed by atoms with E-state index in [4.69, 9.17) is 17.3 Å². The van der Waals surface area contributed by atoms with Crippen molar-refractivity contribution in [3.05, 3.63) is 53.1 Å². The number of amidine groups is 1. The highest BCUT2D eigenvalue weighted by atomic mass is 35.5. The summed E-state index contributed by atoms with van der Waals surface area (Å²) in [6, 6.07) is 11.5. The smallest absolute Gasteiger partial charge is 0.175 e. The predicted octanol–water partition coefficient (Wildman–Crippen LogP) is 2.82. The molecule has 0 aliphatic carbocycles. The van der Waals surface area contributed by atoms with Crippen molar-refractivity contribution in [2.75, 3.05) is 18.6 Å². The van der Waals surface area contributed by atoms with Gasteiger partial charge in [0.25, 0.3) is 0 Å². The summed E-state index contributed by atoms with van der Waals surface area (Å²) in [5, 5.41) is 3.51. The van der Waals surface area contributed by atoms with Crippen molar-refractivity contribution in [1.82, 2.24) is 0 Å². The third-order valence-electron chi connectivity index (χ3n) is 3.05. The Kier molecular flexibility index (Phi) is 4.73. The van der Waals surface area contributed by atoms with Crippen LogP contribution in [-0.2, 0) is 9.84 Å². The molecule has 116 valence electrons. The first-order valence-corrected chi connectivity index (χ1v) is 8.70. The highest BCUT2D eigenvalue weighted by Gasteiger charge is 2.07. The number of aliphatic imine (C=N–C) groups is 1. The zero-order valence-corrected chi connectivity index (χ0v) is 13.7. The lowest BCUT2D eigenvalue weighted by Crippen LogP contribution is -2.12. The standard InChI is InChI=1S/C15H16ClN3O2S/c1-18-14-8-3-10(9-13(14)16)15(17)19-11-4-6-12(7-5-11)22(2,20)21/h3-9,18H,1-2H3,(H2,17,19). The lowest BCUT2D eigenvalue weighted by molar-refractivity contribution is 0.602. The summed E-state index contributed by atoms with van der Waals surface area (Å²) in [6.07, 6.45) is 1.16. The van der Waals surface area contributed by atoms with Crippen LogP contribution in [0.3, 0.4) is 0 Å². The minimum Gasteiger partial charge on any atom is -0.387 e. The molecule has 0 atom stereocenters. The van der Waals surface area contributed by atoms with E-state index in [2.05, 4.69) is 10.3 Å². The van der Waals surface area contributed by atoms with Crippen LogP contribution >= 0.6 is 11.6 Å². The molecule has 0 aliphatic heterocycles. The van der Waals surface area contributed by atoms with Gasteiger partial charge in [-0.05, 0) is 42.5 Å². The lowest BCUT2D eigenvalue weighted by atomic mass is 10.2.